The summed E-state index contributed by atoms with van der Waals surface area (Å²) in [5.74, 6) is 0. The van der Waals surface area contributed by atoms with Crippen LogP contribution in [-0.2, 0) is 0 Å². The lowest BCUT2D eigenvalue weighted by atomic mass is 9.93. The zero-order valence-corrected chi connectivity index (χ0v) is 72.7. The predicted molar refractivity (Wildman–Crippen MR) is 579 cm³/mol. The molecule has 0 saturated heterocycles. The van der Waals surface area contributed by atoms with E-state index in [1.165, 1.54) is 110 Å². The van der Waals surface area contributed by atoms with Gasteiger partial charge in [0.05, 0.1) is 37.0 Å². The molecule has 0 aliphatic heterocycles. The van der Waals surface area contributed by atoms with E-state index < -0.39 is 224 Å². The van der Waals surface area contributed by atoms with Crippen LogP contribution >= 0.6 is 0 Å². The first-order chi connectivity index (χ1) is 78.7. The lowest BCUT2D eigenvalue weighted by molar-refractivity contribution is 0.669. The molecule has 25 rings (SSSR count). The molecular weight excluding hydrogens is 1640 g/mol. The van der Waals surface area contributed by atoms with Crippen molar-refractivity contribution in [3.05, 3.63) is 551 Å². The molecule has 25 aromatic rings. The van der Waals surface area contributed by atoms with Crippen molar-refractivity contribution in [2.45, 2.75) is 0 Å². The highest BCUT2D eigenvalue weighted by Gasteiger charge is 2.23. The molecule has 136 heavy (non-hydrogen) atoms. The minimum absolute atomic E-state index is 0.356. The van der Waals surface area contributed by atoms with Gasteiger partial charge in [0.15, 0.2) is 0 Å². The van der Waals surface area contributed by atoms with E-state index in [1.807, 2.05) is 12.1 Å². The van der Waals surface area contributed by atoms with E-state index in [2.05, 4.69) is 386 Å². The Bertz CT molecular complexity index is 10100. The summed E-state index contributed by atoms with van der Waals surface area (Å²) in [6, 6.07) is 112. The van der Waals surface area contributed by atoms with Crippen LogP contribution in [0.5, 0.6) is 0 Å². The third-order valence-electron chi connectivity index (χ3n) is 24.3. The van der Waals surface area contributed by atoms with Gasteiger partial charge in [0, 0.05) is 68.0 Å². The van der Waals surface area contributed by atoms with E-state index in [0.717, 1.165) is 56.1 Å². The Hall–Kier alpha value is -18.0. The van der Waals surface area contributed by atoms with Gasteiger partial charge < -0.3 is 19.1 Å². The number of rotatable bonds is 17. The van der Waals surface area contributed by atoms with Gasteiger partial charge in [-0.3, -0.25) is 0 Å². The van der Waals surface area contributed by atoms with Crippen LogP contribution in [0.2, 0.25) is 0 Å². The summed E-state index contributed by atoms with van der Waals surface area (Å²) in [5.41, 5.74) is 16.3. The van der Waals surface area contributed by atoms with Crippen molar-refractivity contribution in [3.8, 4) is 89.0 Å². The van der Waals surface area contributed by atoms with E-state index in [-0.39, 0.29) is 0 Å². The van der Waals surface area contributed by atoms with Gasteiger partial charge in [-0.2, -0.15) is 0 Å². The summed E-state index contributed by atoms with van der Waals surface area (Å²) in [4.78, 5) is 5.06. The molecule has 0 N–H and O–H groups in total. The molecule has 0 aliphatic rings. The summed E-state index contributed by atoms with van der Waals surface area (Å²) < 4.78 is 242. The zero-order chi connectivity index (χ0) is 114. The monoisotopic (exact) mass is 1760 g/mol. The number of nitrogens with zero attached hydrogens (tertiary/aromatic N) is 3. The van der Waals surface area contributed by atoms with Gasteiger partial charge in [0.25, 0.3) is 0 Å². The van der Waals surface area contributed by atoms with Crippen LogP contribution in [0.25, 0.3) is 176 Å². The Balaban J connectivity index is 0.000000134. The Kier molecular flexibility index (Phi) is 15.8. The SMILES string of the molecule is [2H]c1c([2H])c([2H])c(-c2c([2H])c([2H])c(N(c3c([2H])c([2H])c(-c4c([2H])c([2H])c([2H])c([2H])c4[2H])c([2H])c3[2H])c3c([2H])c([2H])c4c(c3[2H])c([2H])c([2H])c3c([2H])c([2H])c([2H])c([2H])c34)c([2H])c2[2H])c([2H])c1[2H].c1ccc(-c2ccc(N(c3ccc(-c4ccccc4)cc3)c3ccc4c(-c5ccccc5)cc5ccccc5c4c3)cc2)cc1.c1ccc(-c2cccc(-c3ccc(N(c4ccc5c(c4)cc(-c4ccccc4)c4ccccc45)c4ccc5c(c4)oc4ccccc45)cc3)c2)cc1. The second-order valence-corrected chi connectivity index (χ2v) is 32.5. The van der Waals surface area contributed by atoms with Crippen LogP contribution in [0.15, 0.2) is 556 Å². The van der Waals surface area contributed by atoms with Gasteiger partial charge in [-0.05, 0) is 287 Å². The molecule has 0 saturated carbocycles. The van der Waals surface area contributed by atoms with Crippen LogP contribution < -0.4 is 14.7 Å². The Labute approximate surface area is 830 Å². The highest BCUT2D eigenvalue weighted by molar-refractivity contribution is 6.17. The van der Waals surface area contributed by atoms with E-state index in [0.29, 0.717) is 4.90 Å². The van der Waals surface area contributed by atoms with Crippen molar-refractivity contribution in [1.29, 1.82) is 0 Å². The average Bonchev–Trinajstić information content (AvgIpc) is 0.858. The minimum atomic E-state index is -1.21. The fourth-order valence-corrected chi connectivity index (χ4v) is 17.8. The van der Waals surface area contributed by atoms with Crippen LogP contribution in [0.4, 0.5) is 51.2 Å². The van der Waals surface area contributed by atoms with Gasteiger partial charge in [0.1, 0.15) is 11.2 Å². The number of para-hydroxylation sites is 1. The largest absolute Gasteiger partial charge is 0.456 e. The van der Waals surface area contributed by atoms with Crippen molar-refractivity contribution in [2.24, 2.45) is 0 Å². The van der Waals surface area contributed by atoms with Crippen LogP contribution in [0.1, 0.15) is 37.0 Å². The third-order valence-corrected chi connectivity index (χ3v) is 24.3. The molecule has 1 aromatic heterocycles. The first-order valence-corrected chi connectivity index (χ1v) is 44.4. The number of benzene rings is 24. The third kappa shape index (κ3) is 16.7. The molecule has 24 aromatic carbocycles. The molecule has 0 fully saturated rings. The maximum atomic E-state index is 9.55. The quantitative estimate of drug-likeness (QED) is 0.0848. The first-order valence-electron chi connectivity index (χ1n) is 57.9. The summed E-state index contributed by atoms with van der Waals surface area (Å²) in [7, 11) is 0. The number of hydrogen-bond acceptors (Lipinski definition) is 4. The minimum Gasteiger partial charge on any atom is -0.456 e. The molecule has 0 atom stereocenters. The fourth-order valence-electron chi connectivity index (χ4n) is 17.8. The van der Waals surface area contributed by atoms with Gasteiger partial charge in [0.2, 0.25) is 0 Å². The van der Waals surface area contributed by atoms with E-state index >= 15 is 0 Å². The van der Waals surface area contributed by atoms with Crippen LogP contribution in [-0.4, -0.2) is 0 Å². The standard InChI is InChI=1S/C50H33NO.C44H31N.C38H27N/c1-3-12-34(13-4-1)37-16-11-17-38(30-37)35-22-24-40(25-23-35)51(42-27-29-47-46-20-9-10-21-49(46)52-50(47)33-42)41-26-28-43-39(31-41)32-48(36-14-5-2-6-15-36)45-19-8-7-18-44(43)45;1-4-12-32(13-5-1)34-20-24-38(25-21-34)45(39-26-22-35(23-27-39)33-14-6-2-7-15-33)40-28-29-42-43(36-16-8-3-9-17-36)30-37-18-10-11-19-41(37)44(42)31-40;1-3-9-28(10-4-1)30-17-21-34(22-18-30)39(35-23-19-31(20-24-35)29-11-5-2-6-12-29)36-25-26-38-33(27-36)16-15-32-13-7-8-14-37(32)38/h1-33H;1-31H;1-27H/i;;1D,2D,3D,4D,5D,6D,7D,8D,9D,10D,11D,12D,13D,14D,15D,16D,17D,18D,19D,20D,21D,22D,23D,24D,25D,26D,27D. The summed E-state index contributed by atoms with van der Waals surface area (Å²) in [6.45, 7) is 0. The highest BCUT2D eigenvalue weighted by Crippen LogP contribution is 2.47. The predicted octanol–water partition coefficient (Wildman–Crippen LogP) is 37.6. The molecule has 640 valence electrons. The lowest BCUT2D eigenvalue weighted by Crippen LogP contribution is -2.10. The maximum Gasteiger partial charge on any atom is 0.137 e. The van der Waals surface area contributed by atoms with E-state index in [9.17, 15) is 9.60 Å². The molecule has 4 heteroatoms. The second-order valence-electron chi connectivity index (χ2n) is 32.5. The molecule has 0 bridgehead atoms. The Morgan fingerprint density at radius 3 is 1.06 bits per heavy atom. The Morgan fingerprint density at radius 2 is 0.500 bits per heavy atom. The average molecular weight is 1760 g/mol. The summed E-state index contributed by atoms with van der Waals surface area (Å²) in [6.07, 6.45) is 0. The summed E-state index contributed by atoms with van der Waals surface area (Å²) >= 11 is 0. The normalized spacial score (nSPS) is 14.0. The van der Waals surface area contributed by atoms with Gasteiger partial charge in [-0.1, -0.05) is 412 Å². The molecular formula is C132H91N3O. The topological polar surface area (TPSA) is 22.9 Å². The van der Waals surface area contributed by atoms with Crippen molar-refractivity contribution in [3.63, 3.8) is 0 Å². The van der Waals surface area contributed by atoms with Crippen LogP contribution in [0.3, 0.4) is 0 Å². The maximum absolute atomic E-state index is 9.55. The highest BCUT2D eigenvalue weighted by atomic mass is 16.3. The van der Waals surface area contributed by atoms with Crippen molar-refractivity contribution in [2.75, 3.05) is 14.7 Å². The second kappa shape index (κ2) is 37.1. The van der Waals surface area contributed by atoms with E-state index in [4.69, 9.17) is 31.8 Å². The molecule has 0 spiro atoms. The molecule has 4 nitrogen and oxygen atoms in total. The molecule has 1 heterocycles. The first kappa shape index (κ1) is 58.0. The summed E-state index contributed by atoms with van der Waals surface area (Å²) in [5, 5.41) is 9.70. The van der Waals surface area contributed by atoms with Gasteiger partial charge in [-0.25, -0.2) is 0 Å². The zero-order valence-electron chi connectivity index (χ0n) is 99.7. The number of furan rings is 1. The molecule has 0 radical (unpaired) electrons. The van der Waals surface area contributed by atoms with Crippen LogP contribution in [0, 0.1) is 0 Å². The van der Waals surface area contributed by atoms with Crippen molar-refractivity contribution in [1.82, 2.24) is 0 Å². The van der Waals surface area contributed by atoms with Crippen molar-refractivity contribution < 1.29 is 41.4 Å². The van der Waals surface area contributed by atoms with Gasteiger partial charge >= 0.3 is 0 Å². The number of anilines is 9. The number of fused-ring (bicyclic) bond motifs is 12. The Morgan fingerprint density at radius 1 is 0.147 bits per heavy atom. The smallest absolute Gasteiger partial charge is 0.137 e. The lowest BCUT2D eigenvalue weighted by Gasteiger charge is -2.27. The molecule has 0 unspecified atom stereocenters. The van der Waals surface area contributed by atoms with E-state index in [1.54, 1.807) is 0 Å². The fraction of sp³-hybridized carbons (Fsp3) is 0. The molecule has 0 amide bonds. The van der Waals surface area contributed by atoms with Crippen molar-refractivity contribution >= 4 is 138 Å². The molecule has 0 aliphatic carbocycles. The van der Waals surface area contributed by atoms with Gasteiger partial charge in [-0.15, -0.1) is 0 Å². The number of hydrogen-bond donors (Lipinski definition) is 0.